The number of furan rings is 1. The second kappa shape index (κ2) is 8.89. The first-order chi connectivity index (χ1) is 15.5. The quantitative estimate of drug-likeness (QED) is 0.454. The van der Waals surface area contributed by atoms with Crippen molar-refractivity contribution < 1.29 is 28.3 Å². The first kappa shape index (κ1) is 21.0. The van der Waals surface area contributed by atoms with Gasteiger partial charge in [-0.25, -0.2) is 0 Å². The van der Waals surface area contributed by atoms with Gasteiger partial charge in [-0.1, -0.05) is 30.3 Å². The molecular formula is C24H20N2O6. The molecule has 0 bridgehead atoms. The monoisotopic (exact) mass is 432 g/mol. The number of hydrogen-bond acceptors (Lipinski definition) is 6. The molecule has 2 aromatic carbocycles. The zero-order valence-corrected chi connectivity index (χ0v) is 17.2. The number of ether oxygens (including phenoxy) is 1. The lowest BCUT2D eigenvalue weighted by Crippen LogP contribution is -2.30. The summed E-state index contributed by atoms with van der Waals surface area (Å²) in [6, 6.07) is 16.1. The van der Waals surface area contributed by atoms with Gasteiger partial charge in [-0.05, 0) is 35.9 Å². The van der Waals surface area contributed by atoms with Gasteiger partial charge in [0, 0.05) is 5.56 Å². The van der Waals surface area contributed by atoms with Gasteiger partial charge in [0.05, 0.1) is 43.5 Å². The molecule has 162 valence electrons. The van der Waals surface area contributed by atoms with E-state index in [1.165, 1.54) is 31.6 Å². The number of hydrogen-bond donors (Lipinski definition) is 1. The number of fused-ring (bicyclic) bond motifs is 1. The normalized spacial score (nSPS) is 13.6. The minimum absolute atomic E-state index is 0.0100. The molecular weight excluding hydrogens is 412 g/mol. The number of methoxy groups -OCH3 is 1. The SMILES string of the molecule is COC(=O)CC(NC(=O)c1ccc2c(c1)C(=O)N(Cc1ccco1)C2=O)c1ccccc1. The van der Waals surface area contributed by atoms with Crippen molar-refractivity contribution in [3.8, 4) is 0 Å². The molecule has 1 atom stereocenters. The van der Waals surface area contributed by atoms with Crippen LogP contribution < -0.4 is 5.32 Å². The van der Waals surface area contributed by atoms with Crippen LogP contribution >= 0.6 is 0 Å². The van der Waals surface area contributed by atoms with Crippen molar-refractivity contribution in [2.75, 3.05) is 7.11 Å². The van der Waals surface area contributed by atoms with Crippen LogP contribution in [-0.4, -0.2) is 35.7 Å². The van der Waals surface area contributed by atoms with Crippen molar-refractivity contribution in [3.63, 3.8) is 0 Å². The molecule has 0 aliphatic carbocycles. The summed E-state index contributed by atoms with van der Waals surface area (Å²) in [7, 11) is 1.28. The third-order valence-electron chi connectivity index (χ3n) is 5.23. The van der Waals surface area contributed by atoms with Crippen molar-refractivity contribution in [3.05, 3.63) is 94.9 Å². The number of carbonyl (C=O) groups excluding carboxylic acids is 4. The van der Waals surface area contributed by atoms with Gasteiger partial charge in [0.2, 0.25) is 0 Å². The summed E-state index contributed by atoms with van der Waals surface area (Å²) in [4.78, 5) is 51.3. The summed E-state index contributed by atoms with van der Waals surface area (Å²) in [5.41, 5.74) is 1.32. The van der Waals surface area contributed by atoms with Crippen LogP contribution in [0.2, 0.25) is 0 Å². The maximum absolute atomic E-state index is 12.9. The van der Waals surface area contributed by atoms with Crippen molar-refractivity contribution in [2.24, 2.45) is 0 Å². The molecule has 1 aliphatic rings. The van der Waals surface area contributed by atoms with Gasteiger partial charge in [0.25, 0.3) is 17.7 Å². The number of imide groups is 1. The zero-order chi connectivity index (χ0) is 22.7. The Kier molecular flexibility index (Phi) is 5.85. The summed E-state index contributed by atoms with van der Waals surface area (Å²) in [5, 5.41) is 2.82. The van der Waals surface area contributed by atoms with Crippen LogP contribution in [0.1, 0.15) is 54.9 Å². The predicted molar refractivity (Wildman–Crippen MR) is 113 cm³/mol. The van der Waals surface area contributed by atoms with E-state index in [2.05, 4.69) is 5.32 Å². The molecule has 1 aromatic heterocycles. The van der Waals surface area contributed by atoms with Gasteiger partial charge in [-0.15, -0.1) is 0 Å². The Hall–Kier alpha value is -4.20. The number of nitrogens with one attached hydrogen (secondary N) is 1. The lowest BCUT2D eigenvalue weighted by Gasteiger charge is -2.18. The third-order valence-corrected chi connectivity index (χ3v) is 5.23. The Balaban J connectivity index is 1.55. The molecule has 2 heterocycles. The van der Waals surface area contributed by atoms with Crippen LogP contribution in [0.15, 0.2) is 71.3 Å². The molecule has 1 aliphatic heterocycles. The average molecular weight is 432 g/mol. The molecule has 1 unspecified atom stereocenters. The van der Waals surface area contributed by atoms with E-state index in [0.717, 1.165) is 10.5 Å². The van der Waals surface area contributed by atoms with Gasteiger partial charge < -0.3 is 14.5 Å². The standard InChI is InChI=1S/C24H20N2O6/c1-31-21(27)13-20(15-6-3-2-4-7-15)25-22(28)16-9-10-18-19(12-16)24(30)26(23(18)29)14-17-8-5-11-32-17/h2-12,20H,13-14H2,1H3,(H,25,28). The number of amides is 3. The lowest BCUT2D eigenvalue weighted by atomic mass is 10.0. The molecule has 4 rings (SSSR count). The number of carbonyl (C=O) groups is 4. The van der Waals surface area contributed by atoms with E-state index in [9.17, 15) is 19.2 Å². The van der Waals surface area contributed by atoms with Gasteiger partial charge in [-0.2, -0.15) is 0 Å². The zero-order valence-electron chi connectivity index (χ0n) is 17.2. The minimum atomic E-state index is -0.614. The molecule has 0 radical (unpaired) electrons. The Morgan fingerprint density at radius 3 is 2.44 bits per heavy atom. The summed E-state index contributed by atoms with van der Waals surface area (Å²) in [6.07, 6.45) is 1.42. The first-order valence-electron chi connectivity index (χ1n) is 9.93. The number of benzene rings is 2. The highest BCUT2D eigenvalue weighted by atomic mass is 16.5. The Bertz CT molecular complexity index is 1170. The highest BCUT2D eigenvalue weighted by Gasteiger charge is 2.36. The number of rotatable bonds is 7. The van der Waals surface area contributed by atoms with Crippen molar-refractivity contribution >= 4 is 23.7 Å². The van der Waals surface area contributed by atoms with Gasteiger partial charge in [0.1, 0.15) is 5.76 Å². The molecule has 0 fully saturated rings. The lowest BCUT2D eigenvalue weighted by molar-refractivity contribution is -0.141. The second-order valence-electron chi connectivity index (χ2n) is 7.25. The Labute approximate surface area is 183 Å². The molecule has 3 aromatic rings. The summed E-state index contributed by atoms with van der Waals surface area (Å²) >= 11 is 0. The smallest absolute Gasteiger partial charge is 0.307 e. The van der Waals surface area contributed by atoms with E-state index >= 15 is 0 Å². The third kappa shape index (κ3) is 4.15. The van der Waals surface area contributed by atoms with Crippen LogP contribution in [0.5, 0.6) is 0 Å². The van der Waals surface area contributed by atoms with Crippen molar-refractivity contribution in [2.45, 2.75) is 19.0 Å². The average Bonchev–Trinajstić information content (AvgIpc) is 3.41. The summed E-state index contributed by atoms with van der Waals surface area (Å²) < 4.78 is 9.98. The fourth-order valence-corrected chi connectivity index (χ4v) is 3.56. The summed E-state index contributed by atoms with van der Waals surface area (Å²) in [6.45, 7) is 0.0100. The van der Waals surface area contributed by atoms with Gasteiger partial charge in [-0.3, -0.25) is 24.1 Å². The topological polar surface area (TPSA) is 106 Å². The van der Waals surface area contributed by atoms with Crippen LogP contribution in [0.4, 0.5) is 0 Å². The van der Waals surface area contributed by atoms with E-state index in [4.69, 9.17) is 9.15 Å². The van der Waals surface area contributed by atoms with Crippen LogP contribution in [0.3, 0.4) is 0 Å². The highest BCUT2D eigenvalue weighted by molar-refractivity contribution is 6.22. The maximum atomic E-state index is 12.9. The Morgan fingerprint density at radius 2 is 1.75 bits per heavy atom. The molecule has 0 spiro atoms. The molecule has 1 N–H and O–H groups in total. The van der Waals surface area contributed by atoms with Gasteiger partial charge >= 0.3 is 5.97 Å². The molecule has 0 saturated carbocycles. The van der Waals surface area contributed by atoms with E-state index in [-0.39, 0.29) is 29.7 Å². The van der Waals surface area contributed by atoms with Crippen LogP contribution in [-0.2, 0) is 16.1 Å². The largest absolute Gasteiger partial charge is 0.469 e. The second-order valence-corrected chi connectivity index (χ2v) is 7.25. The van der Waals surface area contributed by atoms with E-state index in [0.29, 0.717) is 5.76 Å². The van der Waals surface area contributed by atoms with Gasteiger partial charge in [0.15, 0.2) is 0 Å². The Morgan fingerprint density at radius 1 is 1.00 bits per heavy atom. The number of esters is 1. The van der Waals surface area contributed by atoms with E-state index in [1.807, 2.05) is 6.07 Å². The van der Waals surface area contributed by atoms with Crippen molar-refractivity contribution in [1.82, 2.24) is 10.2 Å². The minimum Gasteiger partial charge on any atom is -0.469 e. The molecule has 0 saturated heterocycles. The van der Waals surface area contributed by atoms with Crippen LogP contribution in [0.25, 0.3) is 0 Å². The summed E-state index contributed by atoms with van der Waals surface area (Å²) in [5.74, 6) is -1.41. The van der Waals surface area contributed by atoms with Crippen LogP contribution in [0, 0.1) is 0 Å². The van der Waals surface area contributed by atoms with Crippen molar-refractivity contribution in [1.29, 1.82) is 0 Å². The highest BCUT2D eigenvalue weighted by Crippen LogP contribution is 2.26. The molecule has 3 amide bonds. The number of nitrogens with zero attached hydrogens (tertiary/aromatic N) is 1. The molecule has 8 heteroatoms. The fraction of sp³-hybridized carbons (Fsp3) is 0.167. The first-order valence-corrected chi connectivity index (χ1v) is 9.93. The fourth-order valence-electron chi connectivity index (χ4n) is 3.56. The van der Waals surface area contributed by atoms with E-state index < -0.39 is 29.7 Å². The molecule has 32 heavy (non-hydrogen) atoms. The van der Waals surface area contributed by atoms with E-state index in [1.54, 1.807) is 36.4 Å². The maximum Gasteiger partial charge on any atom is 0.307 e. The molecule has 8 nitrogen and oxygen atoms in total. The predicted octanol–water partition coefficient (Wildman–Crippen LogP) is 3.11.